The first-order valence-electron chi connectivity index (χ1n) is 5.06. The summed E-state index contributed by atoms with van der Waals surface area (Å²) in [5.74, 6) is -0.957. The third-order valence-corrected chi connectivity index (χ3v) is 2.51. The average Bonchev–Trinajstić information content (AvgIpc) is 2.31. The zero-order valence-corrected chi connectivity index (χ0v) is 8.90. The maximum Gasteiger partial charge on any atom is 0.123 e. The predicted octanol–water partition coefficient (Wildman–Crippen LogP) is 2.63. The molecule has 2 aromatic rings. The Labute approximate surface area is 97.3 Å². The highest BCUT2D eigenvalue weighted by atomic mass is 19.1. The number of anilines is 1. The first-order chi connectivity index (χ1) is 8.08. The summed E-state index contributed by atoms with van der Waals surface area (Å²) in [4.78, 5) is 0. The van der Waals surface area contributed by atoms with Crippen LogP contribution in [0.1, 0.15) is 17.2 Å². The molecule has 0 heterocycles. The Balaban J connectivity index is 2.43. The Morgan fingerprint density at radius 3 is 2.41 bits per heavy atom. The van der Waals surface area contributed by atoms with Crippen LogP contribution in [-0.4, -0.2) is 5.11 Å². The van der Waals surface area contributed by atoms with E-state index in [2.05, 4.69) is 0 Å². The summed E-state index contributed by atoms with van der Waals surface area (Å²) in [7, 11) is 0. The molecule has 0 aliphatic heterocycles. The fourth-order valence-electron chi connectivity index (χ4n) is 1.64. The van der Waals surface area contributed by atoms with Gasteiger partial charge in [0.05, 0.1) is 0 Å². The second-order valence-electron chi connectivity index (χ2n) is 3.73. The molecule has 0 aliphatic rings. The molecule has 2 aromatic carbocycles. The maximum atomic E-state index is 13.1. The Morgan fingerprint density at radius 2 is 1.71 bits per heavy atom. The van der Waals surface area contributed by atoms with Gasteiger partial charge in [-0.15, -0.1) is 0 Å². The van der Waals surface area contributed by atoms with Crippen LogP contribution in [-0.2, 0) is 0 Å². The normalized spacial score (nSPS) is 12.4. The smallest absolute Gasteiger partial charge is 0.123 e. The summed E-state index contributed by atoms with van der Waals surface area (Å²) in [6, 6.07) is 9.21. The molecule has 1 unspecified atom stereocenters. The highest BCUT2D eigenvalue weighted by Crippen LogP contribution is 2.27. The summed E-state index contributed by atoms with van der Waals surface area (Å²) < 4.78 is 26.1. The van der Waals surface area contributed by atoms with Crippen molar-refractivity contribution in [3.63, 3.8) is 0 Å². The van der Waals surface area contributed by atoms with Crippen LogP contribution < -0.4 is 5.73 Å². The molecule has 2 rings (SSSR count). The second kappa shape index (κ2) is 4.51. The highest BCUT2D eigenvalue weighted by Gasteiger charge is 2.14. The summed E-state index contributed by atoms with van der Waals surface area (Å²) in [5.41, 5.74) is 6.48. The monoisotopic (exact) mass is 235 g/mol. The third kappa shape index (κ3) is 2.42. The quantitative estimate of drug-likeness (QED) is 0.786. The molecule has 0 saturated heterocycles. The van der Waals surface area contributed by atoms with Crippen molar-refractivity contribution in [2.75, 3.05) is 5.73 Å². The summed E-state index contributed by atoms with van der Waals surface area (Å²) in [5, 5.41) is 10.0. The largest absolute Gasteiger partial charge is 0.398 e. The number of aliphatic hydroxyl groups is 1. The van der Waals surface area contributed by atoms with Crippen LogP contribution in [0.3, 0.4) is 0 Å². The topological polar surface area (TPSA) is 46.2 Å². The van der Waals surface area contributed by atoms with E-state index in [4.69, 9.17) is 5.73 Å². The maximum absolute atomic E-state index is 13.1. The molecule has 0 aliphatic carbocycles. The van der Waals surface area contributed by atoms with Gasteiger partial charge in [-0.1, -0.05) is 12.1 Å². The van der Waals surface area contributed by atoms with Crippen LogP contribution in [0.2, 0.25) is 0 Å². The molecule has 0 fully saturated rings. The van der Waals surface area contributed by atoms with Crippen molar-refractivity contribution in [1.82, 2.24) is 0 Å². The van der Waals surface area contributed by atoms with Gasteiger partial charge in [0, 0.05) is 11.3 Å². The Hall–Kier alpha value is -1.94. The lowest BCUT2D eigenvalue weighted by Crippen LogP contribution is -2.04. The molecule has 0 radical (unpaired) electrons. The van der Waals surface area contributed by atoms with Gasteiger partial charge in [-0.3, -0.25) is 0 Å². The molecule has 17 heavy (non-hydrogen) atoms. The van der Waals surface area contributed by atoms with Crippen LogP contribution in [0.25, 0.3) is 0 Å². The lowest BCUT2D eigenvalue weighted by atomic mass is 10.00. The summed E-state index contributed by atoms with van der Waals surface area (Å²) in [6.45, 7) is 0. The fourth-order valence-corrected chi connectivity index (χ4v) is 1.64. The van der Waals surface area contributed by atoms with Gasteiger partial charge in [-0.05, 0) is 35.9 Å². The lowest BCUT2D eigenvalue weighted by molar-refractivity contribution is 0.220. The number of halogens is 2. The number of nitrogen functional groups attached to an aromatic ring is 1. The molecule has 0 spiro atoms. The van der Waals surface area contributed by atoms with Crippen molar-refractivity contribution in [3.05, 3.63) is 65.2 Å². The first kappa shape index (κ1) is 11.5. The molecule has 2 nitrogen and oxygen atoms in total. The minimum absolute atomic E-state index is 0.232. The Morgan fingerprint density at radius 1 is 1.00 bits per heavy atom. The lowest BCUT2D eigenvalue weighted by Gasteiger charge is -2.14. The molecule has 1 atom stereocenters. The van der Waals surface area contributed by atoms with E-state index in [1.54, 1.807) is 6.07 Å². The Kier molecular flexibility index (Phi) is 3.06. The number of hydrogen-bond donors (Lipinski definition) is 2. The second-order valence-corrected chi connectivity index (χ2v) is 3.73. The molecular weight excluding hydrogens is 224 g/mol. The van der Waals surface area contributed by atoms with E-state index in [9.17, 15) is 13.9 Å². The van der Waals surface area contributed by atoms with E-state index < -0.39 is 17.7 Å². The summed E-state index contributed by atoms with van der Waals surface area (Å²) >= 11 is 0. The highest BCUT2D eigenvalue weighted by molar-refractivity contribution is 5.50. The van der Waals surface area contributed by atoms with Gasteiger partial charge in [-0.25, -0.2) is 8.78 Å². The third-order valence-electron chi connectivity index (χ3n) is 2.51. The molecule has 0 saturated carbocycles. The van der Waals surface area contributed by atoms with Crippen molar-refractivity contribution >= 4 is 5.69 Å². The van der Waals surface area contributed by atoms with Crippen molar-refractivity contribution in [3.8, 4) is 0 Å². The van der Waals surface area contributed by atoms with Crippen LogP contribution >= 0.6 is 0 Å². The zero-order valence-electron chi connectivity index (χ0n) is 8.90. The van der Waals surface area contributed by atoms with Crippen molar-refractivity contribution in [1.29, 1.82) is 0 Å². The number of aliphatic hydroxyl groups excluding tert-OH is 1. The molecule has 3 N–H and O–H groups in total. The number of benzene rings is 2. The predicted molar refractivity (Wildman–Crippen MR) is 61.3 cm³/mol. The minimum Gasteiger partial charge on any atom is -0.398 e. The van der Waals surface area contributed by atoms with Crippen LogP contribution in [0.5, 0.6) is 0 Å². The van der Waals surface area contributed by atoms with Crippen molar-refractivity contribution in [2.45, 2.75) is 6.10 Å². The van der Waals surface area contributed by atoms with E-state index >= 15 is 0 Å². The van der Waals surface area contributed by atoms with Gasteiger partial charge in [0.25, 0.3) is 0 Å². The molecular formula is C13H11F2NO. The Bertz CT molecular complexity index is 543. The summed E-state index contributed by atoms with van der Waals surface area (Å²) in [6.07, 6.45) is -1.14. The zero-order chi connectivity index (χ0) is 12.4. The number of nitrogens with two attached hydrogens (primary N) is 1. The number of hydrogen-bond acceptors (Lipinski definition) is 2. The van der Waals surface area contributed by atoms with E-state index in [-0.39, 0.29) is 11.3 Å². The molecule has 0 aromatic heterocycles. The van der Waals surface area contributed by atoms with Gasteiger partial charge in [0.2, 0.25) is 0 Å². The van der Waals surface area contributed by atoms with Crippen LogP contribution in [0.15, 0.2) is 42.5 Å². The molecule has 0 bridgehead atoms. The molecule has 4 heteroatoms. The van der Waals surface area contributed by atoms with Gasteiger partial charge in [-0.2, -0.15) is 0 Å². The van der Waals surface area contributed by atoms with E-state index in [1.165, 1.54) is 30.3 Å². The van der Waals surface area contributed by atoms with Gasteiger partial charge < -0.3 is 10.8 Å². The van der Waals surface area contributed by atoms with Gasteiger partial charge in [0.15, 0.2) is 0 Å². The van der Waals surface area contributed by atoms with Crippen LogP contribution in [0, 0.1) is 11.6 Å². The standard InChI is InChI=1S/C13H11F2NO/c14-9-3-1-2-8(6-9)13(17)11-7-10(15)4-5-12(11)16/h1-7,13,17H,16H2. The first-order valence-corrected chi connectivity index (χ1v) is 5.06. The van der Waals surface area contributed by atoms with Crippen molar-refractivity contribution < 1.29 is 13.9 Å². The average molecular weight is 235 g/mol. The van der Waals surface area contributed by atoms with Crippen LogP contribution in [0.4, 0.5) is 14.5 Å². The molecule has 88 valence electrons. The van der Waals surface area contributed by atoms with Gasteiger partial charge >= 0.3 is 0 Å². The SMILES string of the molecule is Nc1ccc(F)cc1C(O)c1cccc(F)c1. The number of rotatable bonds is 2. The van der Waals surface area contributed by atoms with E-state index in [0.717, 1.165) is 6.07 Å². The van der Waals surface area contributed by atoms with E-state index in [1.807, 2.05) is 0 Å². The van der Waals surface area contributed by atoms with Gasteiger partial charge in [0.1, 0.15) is 17.7 Å². The van der Waals surface area contributed by atoms with E-state index in [0.29, 0.717) is 5.56 Å². The van der Waals surface area contributed by atoms with Crippen molar-refractivity contribution in [2.24, 2.45) is 0 Å². The fraction of sp³-hybridized carbons (Fsp3) is 0.0769. The minimum atomic E-state index is -1.14. The molecule has 0 amide bonds.